The minimum absolute atomic E-state index is 0.261. The summed E-state index contributed by atoms with van der Waals surface area (Å²) in [5, 5.41) is 15.1. The smallest absolute Gasteiger partial charge is 0.273 e. The minimum atomic E-state index is -0.413. The highest BCUT2D eigenvalue weighted by Gasteiger charge is 2.14. The zero-order valence-electron chi connectivity index (χ0n) is 16.7. The predicted molar refractivity (Wildman–Crippen MR) is 107 cm³/mol. The summed E-state index contributed by atoms with van der Waals surface area (Å²) in [4.78, 5) is 12.3. The van der Waals surface area contributed by atoms with E-state index in [4.69, 9.17) is 9.47 Å². The number of carbonyl (C=O) groups is 1. The number of amides is 1. The van der Waals surface area contributed by atoms with Crippen LogP contribution in [-0.4, -0.2) is 56.7 Å². The quantitative estimate of drug-likeness (QED) is 0.495. The number of nitrogens with zero attached hydrogens (tertiary/aromatic N) is 5. The highest BCUT2D eigenvalue weighted by Crippen LogP contribution is 2.08. The molecule has 0 spiro atoms. The number of rotatable bonds is 11. The first-order chi connectivity index (χ1) is 14.2. The summed E-state index contributed by atoms with van der Waals surface area (Å²) in [7, 11) is 0. The molecule has 9 nitrogen and oxygen atoms in total. The summed E-state index contributed by atoms with van der Waals surface area (Å²) < 4.78 is 14.3. The molecule has 0 aliphatic heterocycles. The third-order valence-corrected chi connectivity index (χ3v) is 4.17. The van der Waals surface area contributed by atoms with Crippen molar-refractivity contribution in [2.24, 2.45) is 0 Å². The van der Waals surface area contributed by atoms with Crippen molar-refractivity contribution in [1.29, 1.82) is 0 Å². The van der Waals surface area contributed by atoms with Gasteiger partial charge >= 0.3 is 0 Å². The normalized spacial score (nSPS) is 11.1. The second-order valence-corrected chi connectivity index (χ2v) is 6.30. The number of benzene rings is 1. The number of aromatic nitrogens is 5. The van der Waals surface area contributed by atoms with Gasteiger partial charge in [0.25, 0.3) is 5.91 Å². The van der Waals surface area contributed by atoms with Crippen LogP contribution in [0.5, 0.6) is 0 Å². The number of hydrogen-bond acceptors (Lipinski definition) is 6. The molecule has 0 unspecified atom stereocenters. The van der Waals surface area contributed by atoms with Crippen molar-refractivity contribution in [1.82, 2.24) is 30.1 Å². The van der Waals surface area contributed by atoms with Gasteiger partial charge in [0.1, 0.15) is 0 Å². The van der Waals surface area contributed by atoms with E-state index >= 15 is 0 Å². The van der Waals surface area contributed by atoms with E-state index in [0.717, 1.165) is 11.3 Å². The molecule has 3 aromatic rings. The Morgan fingerprint density at radius 1 is 1.14 bits per heavy atom. The lowest BCUT2D eigenvalue weighted by atomic mass is 10.2. The first-order valence-electron chi connectivity index (χ1n) is 9.70. The zero-order chi connectivity index (χ0) is 20.5. The number of para-hydroxylation sites is 1. The molecule has 2 heterocycles. The monoisotopic (exact) mass is 398 g/mol. The summed E-state index contributed by atoms with van der Waals surface area (Å²) in [6, 6.07) is 9.88. The van der Waals surface area contributed by atoms with Crippen LogP contribution in [0.2, 0.25) is 0 Å². The fourth-order valence-corrected chi connectivity index (χ4v) is 2.79. The number of nitrogens with one attached hydrogen (secondary N) is 1. The summed E-state index contributed by atoms with van der Waals surface area (Å²) in [5.74, 6) is -0.268. The van der Waals surface area contributed by atoms with E-state index in [1.165, 1.54) is 0 Å². The van der Waals surface area contributed by atoms with Crippen LogP contribution < -0.4 is 5.32 Å². The van der Waals surface area contributed by atoms with Crippen molar-refractivity contribution in [3.05, 3.63) is 60.2 Å². The molecule has 154 valence electrons. The van der Waals surface area contributed by atoms with Crippen LogP contribution in [0.15, 0.2) is 48.9 Å². The second-order valence-electron chi connectivity index (χ2n) is 6.30. The number of ether oxygens (including phenoxy) is 2. The zero-order valence-corrected chi connectivity index (χ0v) is 16.7. The van der Waals surface area contributed by atoms with Crippen LogP contribution in [-0.2, 0) is 22.4 Å². The van der Waals surface area contributed by atoms with Crippen LogP contribution in [0, 0.1) is 0 Å². The van der Waals surface area contributed by atoms with Gasteiger partial charge in [0.05, 0.1) is 24.6 Å². The third kappa shape index (κ3) is 5.97. The van der Waals surface area contributed by atoms with Crippen LogP contribution in [0.1, 0.15) is 29.9 Å². The lowest BCUT2D eigenvalue weighted by Crippen LogP contribution is -2.26. The molecule has 0 bridgehead atoms. The van der Waals surface area contributed by atoms with Gasteiger partial charge in [0.2, 0.25) is 0 Å². The standard InChI is InChI=1S/C20H26N6O3/c1-3-28-19(29-4-2)15-25-14-18(23-24-25)20(27)21-11-10-16-12-22-26(13-16)17-8-6-5-7-9-17/h5-9,12-14,19H,3-4,10-11,15H2,1-2H3,(H,21,27). The van der Waals surface area contributed by atoms with Gasteiger partial charge in [0, 0.05) is 26.0 Å². The van der Waals surface area contributed by atoms with E-state index in [9.17, 15) is 4.79 Å². The Morgan fingerprint density at radius 2 is 1.90 bits per heavy atom. The van der Waals surface area contributed by atoms with Gasteiger partial charge < -0.3 is 14.8 Å². The van der Waals surface area contributed by atoms with E-state index in [-0.39, 0.29) is 11.6 Å². The lowest BCUT2D eigenvalue weighted by molar-refractivity contribution is -0.145. The summed E-state index contributed by atoms with van der Waals surface area (Å²) in [6.45, 7) is 5.72. The first-order valence-corrected chi connectivity index (χ1v) is 9.70. The summed E-state index contributed by atoms with van der Waals surface area (Å²) >= 11 is 0. The van der Waals surface area contributed by atoms with Gasteiger partial charge in [0.15, 0.2) is 12.0 Å². The van der Waals surface area contributed by atoms with Crippen LogP contribution >= 0.6 is 0 Å². The molecule has 0 fully saturated rings. The van der Waals surface area contributed by atoms with E-state index in [1.807, 2.05) is 55.1 Å². The Balaban J connectivity index is 1.48. The fourth-order valence-electron chi connectivity index (χ4n) is 2.79. The van der Waals surface area contributed by atoms with Crippen LogP contribution in [0.3, 0.4) is 0 Å². The van der Waals surface area contributed by atoms with Crippen molar-refractivity contribution in [3.63, 3.8) is 0 Å². The van der Waals surface area contributed by atoms with E-state index in [2.05, 4.69) is 20.7 Å². The van der Waals surface area contributed by atoms with Gasteiger partial charge in [-0.2, -0.15) is 5.10 Å². The van der Waals surface area contributed by atoms with Gasteiger partial charge in [-0.15, -0.1) is 5.10 Å². The Bertz CT molecular complexity index is 887. The molecule has 0 radical (unpaired) electrons. The minimum Gasteiger partial charge on any atom is -0.351 e. The second kappa shape index (κ2) is 10.5. The van der Waals surface area contributed by atoms with Gasteiger partial charge in [-0.3, -0.25) is 4.79 Å². The van der Waals surface area contributed by atoms with Gasteiger partial charge in [-0.05, 0) is 38.0 Å². The average Bonchev–Trinajstić information content (AvgIpc) is 3.39. The topological polar surface area (TPSA) is 96.1 Å². The number of carbonyl (C=O) groups excluding carboxylic acids is 1. The molecular formula is C20H26N6O3. The maximum Gasteiger partial charge on any atom is 0.273 e. The highest BCUT2D eigenvalue weighted by atomic mass is 16.7. The largest absolute Gasteiger partial charge is 0.351 e. The van der Waals surface area contributed by atoms with Crippen molar-refractivity contribution in [2.75, 3.05) is 19.8 Å². The molecule has 29 heavy (non-hydrogen) atoms. The van der Waals surface area contributed by atoms with Crippen molar-refractivity contribution in [2.45, 2.75) is 33.1 Å². The molecule has 1 N–H and O–H groups in total. The van der Waals surface area contributed by atoms with Crippen molar-refractivity contribution in [3.8, 4) is 5.69 Å². The predicted octanol–water partition coefficient (Wildman–Crippen LogP) is 1.84. The summed E-state index contributed by atoms with van der Waals surface area (Å²) in [6.07, 6.45) is 5.61. The van der Waals surface area contributed by atoms with E-state index in [1.54, 1.807) is 17.1 Å². The first kappa shape index (κ1) is 20.7. The Hall–Kier alpha value is -3.04. The van der Waals surface area contributed by atoms with Crippen LogP contribution in [0.4, 0.5) is 0 Å². The molecule has 0 aliphatic rings. The third-order valence-electron chi connectivity index (χ3n) is 4.17. The molecule has 3 rings (SSSR count). The van der Waals surface area contributed by atoms with Gasteiger partial charge in [-0.25, -0.2) is 9.36 Å². The Morgan fingerprint density at radius 3 is 2.62 bits per heavy atom. The van der Waals surface area contributed by atoms with Crippen molar-refractivity contribution < 1.29 is 14.3 Å². The van der Waals surface area contributed by atoms with E-state index < -0.39 is 6.29 Å². The molecule has 2 aromatic heterocycles. The van der Waals surface area contributed by atoms with Gasteiger partial charge in [-0.1, -0.05) is 23.4 Å². The molecule has 0 saturated heterocycles. The van der Waals surface area contributed by atoms with E-state index in [0.29, 0.717) is 32.7 Å². The summed E-state index contributed by atoms with van der Waals surface area (Å²) in [5.41, 5.74) is 2.29. The molecule has 0 aliphatic carbocycles. The molecule has 9 heteroatoms. The SMILES string of the molecule is CCOC(Cn1cc(C(=O)NCCc2cnn(-c3ccccc3)c2)nn1)OCC. The van der Waals surface area contributed by atoms with Crippen LogP contribution in [0.25, 0.3) is 5.69 Å². The molecular weight excluding hydrogens is 372 g/mol. The van der Waals surface area contributed by atoms with Crippen molar-refractivity contribution >= 4 is 5.91 Å². The Kier molecular flexibility index (Phi) is 7.48. The lowest BCUT2D eigenvalue weighted by Gasteiger charge is -2.16. The average molecular weight is 398 g/mol. The molecule has 1 aromatic carbocycles. The highest BCUT2D eigenvalue weighted by molar-refractivity contribution is 5.91. The maximum atomic E-state index is 12.3. The Labute approximate surface area is 169 Å². The molecule has 0 saturated carbocycles. The number of hydrogen-bond donors (Lipinski definition) is 1. The fraction of sp³-hybridized carbons (Fsp3) is 0.400. The molecule has 1 amide bonds. The maximum absolute atomic E-state index is 12.3. The molecule has 0 atom stereocenters.